The summed E-state index contributed by atoms with van der Waals surface area (Å²) in [6.07, 6.45) is 2.79. The van der Waals surface area contributed by atoms with Gasteiger partial charge in [0.2, 0.25) is 0 Å². The lowest BCUT2D eigenvalue weighted by Gasteiger charge is -2.35. The molecular weight excluding hydrogens is 376 g/mol. The van der Waals surface area contributed by atoms with Crippen LogP contribution < -0.4 is 10.6 Å². The fourth-order valence-corrected chi connectivity index (χ4v) is 4.29. The van der Waals surface area contributed by atoms with Crippen LogP contribution in [-0.4, -0.2) is 5.78 Å². The molecule has 2 N–H and O–H groups in total. The minimum atomic E-state index is -0.213. The zero-order valence-corrected chi connectivity index (χ0v) is 15.9. The van der Waals surface area contributed by atoms with Crippen molar-refractivity contribution in [2.24, 2.45) is 11.3 Å². The van der Waals surface area contributed by atoms with E-state index in [0.717, 1.165) is 27.1 Å². The fraction of sp³-hybridized carbons (Fsp3) is 0.286. The first-order valence-corrected chi connectivity index (χ1v) is 9.36. The van der Waals surface area contributed by atoms with E-state index >= 15 is 0 Å². The van der Waals surface area contributed by atoms with Crippen molar-refractivity contribution in [3.05, 3.63) is 70.3 Å². The lowest BCUT2D eigenvalue weighted by Crippen LogP contribution is -2.36. The van der Waals surface area contributed by atoms with Crippen LogP contribution in [0.5, 0.6) is 0 Å². The van der Waals surface area contributed by atoms with E-state index in [1.807, 2.05) is 24.3 Å². The molecule has 0 amide bonds. The molecule has 0 fully saturated rings. The van der Waals surface area contributed by atoms with Crippen molar-refractivity contribution in [1.29, 1.82) is 0 Å². The summed E-state index contributed by atoms with van der Waals surface area (Å²) in [5, 5.41) is 7.14. The molecule has 2 unspecified atom stereocenters. The minimum Gasteiger partial charge on any atom is -0.375 e. The van der Waals surface area contributed by atoms with Crippen LogP contribution in [0.15, 0.2) is 64.8 Å². The molecule has 4 heteroatoms. The van der Waals surface area contributed by atoms with Crippen molar-refractivity contribution in [2.45, 2.75) is 26.3 Å². The molecule has 1 aliphatic carbocycles. The van der Waals surface area contributed by atoms with Gasteiger partial charge in [-0.1, -0.05) is 60.1 Å². The first kappa shape index (κ1) is 16.4. The Morgan fingerprint density at radius 3 is 2.60 bits per heavy atom. The van der Waals surface area contributed by atoms with Crippen LogP contribution in [0.4, 0.5) is 11.4 Å². The minimum absolute atomic E-state index is 0.0940. The number of carbonyl (C=O) groups excluding carboxylic acids is 1. The highest BCUT2D eigenvalue weighted by molar-refractivity contribution is 9.10. The third-order valence-corrected chi connectivity index (χ3v) is 5.41. The first-order valence-electron chi connectivity index (χ1n) is 8.56. The van der Waals surface area contributed by atoms with Gasteiger partial charge in [0, 0.05) is 16.6 Å². The molecule has 1 aliphatic heterocycles. The van der Waals surface area contributed by atoms with E-state index in [-0.39, 0.29) is 23.2 Å². The molecule has 2 aromatic rings. The molecule has 2 atom stereocenters. The number of Topliss-reactive ketones (excluding diaryl/α,β-unsaturated/α-hetero) is 1. The molecule has 2 aromatic carbocycles. The number of para-hydroxylation sites is 2. The highest BCUT2D eigenvalue weighted by Gasteiger charge is 2.41. The van der Waals surface area contributed by atoms with Crippen LogP contribution in [0.1, 0.15) is 31.9 Å². The molecule has 0 radical (unpaired) electrons. The Kier molecular flexibility index (Phi) is 3.95. The van der Waals surface area contributed by atoms with Crippen molar-refractivity contribution in [1.82, 2.24) is 0 Å². The van der Waals surface area contributed by atoms with E-state index in [2.05, 4.69) is 70.8 Å². The lowest BCUT2D eigenvalue weighted by atomic mass is 9.72. The van der Waals surface area contributed by atoms with E-state index in [0.29, 0.717) is 6.42 Å². The number of rotatable bonds is 1. The highest BCUT2D eigenvalue weighted by atomic mass is 79.9. The number of nitrogens with one attached hydrogen (secondary N) is 2. The van der Waals surface area contributed by atoms with E-state index in [9.17, 15) is 4.79 Å². The van der Waals surface area contributed by atoms with Crippen molar-refractivity contribution in [2.75, 3.05) is 10.6 Å². The number of fused-ring (bicyclic) bond motifs is 2. The monoisotopic (exact) mass is 396 g/mol. The Hall–Kier alpha value is -2.07. The SMILES string of the molecule is CC1(C)C=C2Nc3ccccc3NC(c3cccc(Br)c3)C2C(=O)C1. The maximum atomic E-state index is 13.1. The summed E-state index contributed by atoms with van der Waals surface area (Å²) in [7, 11) is 0. The number of benzene rings is 2. The van der Waals surface area contributed by atoms with Crippen LogP contribution in [0.3, 0.4) is 0 Å². The molecule has 0 saturated carbocycles. The van der Waals surface area contributed by atoms with Crippen LogP contribution in [0.2, 0.25) is 0 Å². The average molecular weight is 397 g/mol. The second-order valence-electron chi connectivity index (χ2n) is 7.56. The van der Waals surface area contributed by atoms with Gasteiger partial charge >= 0.3 is 0 Å². The number of hydrogen-bond donors (Lipinski definition) is 2. The second kappa shape index (κ2) is 6.03. The topological polar surface area (TPSA) is 41.1 Å². The molecule has 3 nitrogen and oxygen atoms in total. The van der Waals surface area contributed by atoms with Gasteiger partial charge in [-0.15, -0.1) is 0 Å². The van der Waals surface area contributed by atoms with Gasteiger partial charge in [0.25, 0.3) is 0 Å². The Morgan fingerprint density at radius 1 is 1.08 bits per heavy atom. The maximum Gasteiger partial charge on any atom is 0.145 e. The normalized spacial score (nSPS) is 24.1. The predicted molar refractivity (Wildman–Crippen MR) is 106 cm³/mol. The van der Waals surface area contributed by atoms with Gasteiger partial charge in [-0.25, -0.2) is 0 Å². The molecule has 0 spiro atoms. The van der Waals surface area contributed by atoms with Gasteiger partial charge in [-0.3, -0.25) is 4.79 Å². The van der Waals surface area contributed by atoms with Crippen molar-refractivity contribution < 1.29 is 4.79 Å². The summed E-state index contributed by atoms with van der Waals surface area (Å²) in [6, 6.07) is 16.2. The molecule has 4 rings (SSSR count). The Bertz CT molecular complexity index is 872. The van der Waals surface area contributed by atoms with Gasteiger partial charge in [0.15, 0.2) is 0 Å². The van der Waals surface area contributed by atoms with Crippen LogP contribution in [0.25, 0.3) is 0 Å². The number of hydrogen-bond acceptors (Lipinski definition) is 3. The smallest absolute Gasteiger partial charge is 0.145 e. The summed E-state index contributed by atoms with van der Waals surface area (Å²) in [4.78, 5) is 13.1. The third-order valence-electron chi connectivity index (χ3n) is 4.92. The predicted octanol–water partition coefficient (Wildman–Crippen LogP) is 5.53. The summed E-state index contributed by atoms with van der Waals surface area (Å²) in [5.74, 6) is 0.0648. The van der Waals surface area contributed by atoms with E-state index in [1.54, 1.807) is 0 Å². The number of halogens is 1. The van der Waals surface area contributed by atoms with Crippen molar-refractivity contribution >= 4 is 33.1 Å². The molecular formula is C21H21BrN2O. The summed E-state index contributed by atoms with van der Waals surface area (Å²) in [5.41, 5.74) is 4.02. The first-order chi connectivity index (χ1) is 11.9. The van der Waals surface area contributed by atoms with Gasteiger partial charge in [-0.2, -0.15) is 0 Å². The summed E-state index contributed by atoms with van der Waals surface area (Å²) < 4.78 is 1.02. The molecule has 1 heterocycles. The van der Waals surface area contributed by atoms with Crippen LogP contribution in [-0.2, 0) is 4.79 Å². The number of ketones is 1. The Morgan fingerprint density at radius 2 is 1.84 bits per heavy atom. The largest absolute Gasteiger partial charge is 0.375 e. The quantitative estimate of drug-likeness (QED) is 0.665. The number of carbonyl (C=O) groups is 1. The summed E-state index contributed by atoms with van der Waals surface area (Å²) in [6.45, 7) is 4.24. The average Bonchev–Trinajstić information content (AvgIpc) is 2.70. The molecule has 0 bridgehead atoms. The second-order valence-corrected chi connectivity index (χ2v) is 8.47. The zero-order chi connectivity index (χ0) is 17.6. The fourth-order valence-electron chi connectivity index (χ4n) is 3.87. The van der Waals surface area contributed by atoms with Crippen molar-refractivity contribution in [3.8, 4) is 0 Å². The van der Waals surface area contributed by atoms with E-state index < -0.39 is 0 Å². The Balaban J connectivity index is 1.88. The van der Waals surface area contributed by atoms with Gasteiger partial charge in [0.05, 0.1) is 23.3 Å². The molecule has 0 saturated heterocycles. The molecule has 0 aromatic heterocycles. The molecule has 2 aliphatic rings. The Labute approximate surface area is 156 Å². The van der Waals surface area contributed by atoms with Crippen LogP contribution >= 0.6 is 15.9 Å². The highest BCUT2D eigenvalue weighted by Crippen LogP contribution is 2.45. The van der Waals surface area contributed by atoms with Gasteiger partial charge in [0.1, 0.15) is 5.78 Å². The zero-order valence-electron chi connectivity index (χ0n) is 14.3. The van der Waals surface area contributed by atoms with Crippen molar-refractivity contribution in [3.63, 3.8) is 0 Å². The molecule has 25 heavy (non-hydrogen) atoms. The van der Waals surface area contributed by atoms with Gasteiger partial charge < -0.3 is 10.6 Å². The maximum absolute atomic E-state index is 13.1. The molecule has 128 valence electrons. The third kappa shape index (κ3) is 3.11. The number of anilines is 2. The lowest BCUT2D eigenvalue weighted by molar-refractivity contribution is -0.124. The van der Waals surface area contributed by atoms with Gasteiger partial charge in [-0.05, 0) is 35.2 Å². The standard InChI is InChI=1S/C21H21BrN2O/c1-21(2)11-17-19(18(25)12-21)20(13-6-5-7-14(22)10-13)24-16-9-4-3-8-15(16)23-17/h3-11,19-20,23-24H,12H2,1-2H3. The number of allylic oxidation sites excluding steroid dienone is 1. The van der Waals surface area contributed by atoms with E-state index in [1.165, 1.54) is 0 Å². The van der Waals surface area contributed by atoms with Crippen LogP contribution in [0, 0.1) is 11.3 Å². The van der Waals surface area contributed by atoms with E-state index in [4.69, 9.17) is 0 Å². The summed E-state index contributed by atoms with van der Waals surface area (Å²) >= 11 is 3.56.